The van der Waals surface area contributed by atoms with Gasteiger partial charge in [0.2, 0.25) is 0 Å². The fourth-order valence-electron chi connectivity index (χ4n) is 2.84. The van der Waals surface area contributed by atoms with E-state index in [-0.39, 0.29) is 11.4 Å². The van der Waals surface area contributed by atoms with Crippen LogP contribution in [0, 0.1) is 15.9 Å². The minimum atomic E-state index is -3.79. The summed E-state index contributed by atoms with van der Waals surface area (Å²) < 4.78 is 36.7. The van der Waals surface area contributed by atoms with Crippen molar-refractivity contribution in [1.82, 2.24) is 0 Å². The van der Waals surface area contributed by atoms with Gasteiger partial charge in [-0.1, -0.05) is 12.1 Å². The monoisotopic (exact) mass is 443 g/mol. The van der Waals surface area contributed by atoms with Crippen LogP contribution in [0.3, 0.4) is 0 Å². The van der Waals surface area contributed by atoms with Gasteiger partial charge in [0.05, 0.1) is 4.92 Å². The second-order valence-corrected chi connectivity index (χ2v) is 8.71. The van der Waals surface area contributed by atoms with E-state index in [1.54, 1.807) is 24.3 Å². The van der Waals surface area contributed by atoms with Crippen molar-refractivity contribution >= 4 is 32.8 Å². The number of anilines is 2. The summed E-state index contributed by atoms with van der Waals surface area (Å²) in [6, 6.07) is 15.9. The number of hydrogen-bond acceptors (Lipinski definition) is 6. The van der Waals surface area contributed by atoms with E-state index in [0.717, 1.165) is 17.9 Å². The average Bonchev–Trinajstić information content (AvgIpc) is 2.72. The molecule has 0 heterocycles. The minimum Gasteiger partial charge on any atom is -0.381 e. The molecule has 10 heteroatoms. The fraction of sp³-hybridized carbons (Fsp3) is 0.0952. The van der Waals surface area contributed by atoms with Crippen LogP contribution in [0.2, 0.25) is 0 Å². The predicted molar refractivity (Wildman–Crippen MR) is 114 cm³/mol. The molecule has 0 radical (unpaired) electrons. The molecule has 3 aromatic rings. The summed E-state index contributed by atoms with van der Waals surface area (Å²) in [5.74, 6) is -0.826. The van der Waals surface area contributed by atoms with Crippen LogP contribution in [-0.2, 0) is 16.4 Å². The third-order valence-corrected chi connectivity index (χ3v) is 5.47. The molecule has 0 aliphatic rings. The lowest BCUT2D eigenvalue weighted by atomic mass is 10.1. The molecule has 0 aliphatic carbocycles. The van der Waals surface area contributed by atoms with Crippen LogP contribution in [0.4, 0.5) is 21.5 Å². The highest BCUT2D eigenvalue weighted by Crippen LogP contribution is 2.27. The Hall–Kier alpha value is -3.79. The van der Waals surface area contributed by atoms with Gasteiger partial charge in [-0.25, -0.2) is 12.8 Å². The number of sulfone groups is 1. The van der Waals surface area contributed by atoms with Crippen molar-refractivity contribution in [3.05, 3.63) is 93.8 Å². The number of hydrogen-bond donors (Lipinski definition) is 2. The molecule has 0 atom stereocenters. The van der Waals surface area contributed by atoms with Gasteiger partial charge < -0.3 is 10.6 Å². The van der Waals surface area contributed by atoms with Gasteiger partial charge in [-0.15, -0.1) is 0 Å². The summed E-state index contributed by atoms with van der Waals surface area (Å²) in [6.45, 7) is 0.279. The van der Waals surface area contributed by atoms with E-state index in [4.69, 9.17) is 0 Å². The maximum atomic E-state index is 13.0. The molecular formula is C21H18FN3O5S. The second-order valence-electron chi connectivity index (χ2n) is 6.73. The number of carbonyl (C=O) groups excluding carboxylic acids is 1. The van der Waals surface area contributed by atoms with Gasteiger partial charge in [-0.3, -0.25) is 14.9 Å². The molecule has 3 rings (SSSR count). The number of nitro benzene ring substituents is 1. The lowest BCUT2D eigenvalue weighted by Crippen LogP contribution is -2.12. The Morgan fingerprint density at radius 3 is 2.39 bits per heavy atom. The SMILES string of the molecule is CS(=O)(=O)c1cc(NCc2cccc(NC(=O)c3ccc(F)cc3)c2)ccc1[N+](=O)[O-]. The molecule has 0 saturated heterocycles. The maximum Gasteiger partial charge on any atom is 0.288 e. The second kappa shape index (κ2) is 8.92. The highest BCUT2D eigenvalue weighted by Gasteiger charge is 2.22. The molecule has 0 fully saturated rings. The van der Waals surface area contributed by atoms with E-state index >= 15 is 0 Å². The largest absolute Gasteiger partial charge is 0.381 e. The third kappa shape index (κ3) is 5.64. The van der Waals surface area contributed by atoms with Crippen LogP contribution in [0.5, 0.6) is 0 Å². The summed E-state index contributed by atoms with van der Waals surface area (Å²) in [6.07, 6.45) is 0.909. The number of halogens is 1. The molecule has 8 nitrogen and oxygen atoms in total. The number of nitrogens with one attached hydrogen (secondary N) is 2. The number of nitro groups is 1. The Morgan fingerprint density at radius 2 is 1.74 bits per heavy atom. The van der Waals surface area contributed by atoms with Crippen LogP contribution in [0.1, 0.15) is 15.9 Å². The van der Waals surface area contributed by atoms with E-state index in [2.05, 4.69) is 10.6 Å². The molecule has 2 N–H and O–H groups in total. The van der Waals surface area contributed by atoms with E-state index < -0.39 is 32.2 Å². The quantitative estimate of drug-likeness (QED) is 0.421. The summed E-state index contributed by atoms with van der Waals surface area (Å²) in [5, 5.41) is 16.8. The number of rotatable bonds is 7. The van der Waals surface area contributed by atoms with Gasteiger partial charge in [-0.2, -0.15) is 0 Å². The number of carbonyl (C=O) groups is 1. The Bertz CT molecular complexity index is 1240. The topological polar surface area (TPSA) is 118 Å². The van der Waals surface area contributed by atoms with Gasteiger partial charge in [-0.05, 0) is 54.1 Å². The van der Waals surface area contributed by atoms with Crippen molar-refractivity contribution in [3.8, 4) is 0 Å². The molecule has 31 heavy (non-hydrogen) atoms. The smallest absolute Gasteiger partial charge is 0.288 e. The zero-order chi connectivity index (χ0) is 22.6. The van der Waals surface area contributed by atoms with Crippen molar-refractivity contribution < 1.29 is 22.5 Å². The number of nitrogens with zero attached hydrogens (tertiary/aromatic N) is 1. The molecule has 0 saturated carbocycles. The van der Waals surface area contributed by atoms with Gasteiger partial charge in [0, 0.05) is 35.8 Å². The first kappa shape index (κ1) is 21.9. The Labute approximate surface area is 177 Å². The standard InChI is InChI=1S/C21H18FN3O5S/c1-31(29,30)20-12-17(9-10-19(20)25(27)28)23-13-14-3-2-4-18(11-14)24-21(26)15-5-7-16(22)8-6-15/h2-12,23H,13H2,1H3,(H,24,26). The predicted octanol–water partition coefficient (Wildman–Crippen LogP) is 4.00. The average molecular weight is 443 g/mol. The van der Waals surface area contributed by atoms with Crippen molar-refractivity contribution in [2.45, 2.75) is 11.4 Å². The van der Waals surface area contributed by atoms with Crippen molar-refractivity contribution in [1.29, 1.82) is 0 Å². The summed E-state index contributed by atoms with van der Waals surface area (Å²) in [4.78, 5) is 22.2. The summed E-state index contributed by atoms with van der Waals surface area (Å²) in [7, 11) is -3.79. The van der Waals surface area contributed by atoms with Crippen LogP contribution in [-0.4, -0.2) is 25.5 Å². The molecule has 0 aliphatic heterocycles. The fourth-order valence-corrected chi connectivity index (χ4v) is 3.70. The van der Waals surface area contributed by atoms with E-state index in [1.807, 2.05) is 0 Å². The summed E-state index contributed by atoms with van der Waals surface area (Å²) in [5.41, 5.74) is 1.51. The van der Waals surface area contributed by atoms with Gasteiger partial charge >= 0.3 is 0 Å². The van der Waals surface area contributed by atoms with E-state index in [0.29, 0.717) is 16.9 Å². The molecule has 0 spiro atoms. The van der Waals surface area contributed by atoms with Crippen LogP contribution < -0.4 is 10.6 Å². The Morgan fingerprint density at radius 1 is 1.03 bits per heavy atom. The third-order valence-electron chi connectivity index (χ3n) is 4.34. The van der Waals surface area contributed by atoms with Gasteiger partial charge in [0.1, 0.15) is 10.7 Å². The first-order valence-electron chi connectivity index (χ1n) is 9.02. The molecule has 0 bridgehead atoms. The van der Waals surface area contributed by atoms with E-state index in [9.17, 15) is 27.7 Å². The number of benzene rings is 3. The molecule has 0 unspecified atom stereocenters. The highest BCUT2D eigenvalue weighted by molar-refractivity contribution is 7.90. The minimum absolute atomic E-state index is 0.279. The molecular weight excluding hydrogens is 425 g/mol. The first-order chi connectivity index (χ1) is 14.6. The first-order valence-corrected chi connectivity index (χ1v) is 10.9. The Kier molecular flexibility index (Phi) is 6.30. The lowest BCUT2D eigenvalue weighted by Gasteiger charge is -2.10. The van der Waals surface area contributed by atoms with Crippen molar-refractivity contribution in [2.24, 2.45) is 0 Å². The normalized spacial score (nSPS) is 11.0. The zero-order valence-electron chi connectivity index (χ0n) is 16.3. The Balaban J connectivity index is 1.72. The molecule has 0 aromatic heterocycles. The van der Waals surface area contributed by atoms with Crippen LogP contribution in [0.25, 0.3) is 0 Å². The lowest BCUT2D eigenvalue weighted by molar-refractivity contribution is -0.387. The number of amides is 1. The highest BCUT2D eigenvalue weighted by atomic mass is 32.2. The van der Waals surface area contributed by atoms with Gasteiger partial charge in [0.15, 0.2) is 9.84 Å². The zero-order valence-corrected chi connectivity index (χ0v) is 17.1. The van der Waals surface area contributed by atoms with Crippen molar-refractivity contribution in [2.75, 3.05) is 16.9 Å². The maximum absolute atomic E-state index is 13.0. The van der Waals surface area contributed by atoms with Crippen molar-refractivity contribution in [3.63, 3.8) is 0 Å². The van der Waals surface area contributed by atoms with E-state index in [1.165, 1.54) is 36.4 Å². The van der Waals surface area contributed by atoms with Gasteiger partial charge in [0.25, 0.3) is 11.6 Å². The molecule has 1 amide bonds. The van der Waals surface area contributed by atoms with Crippen LogP contribution >= 0.6 is 0 Å². The molecule has 160 valence electrons. The van der Waals surface area contributed by atoms with Crippen LogP contribution in [0.15, 0.2) is 71.6 Å². The summed E-state index contributed by atoms with van der Waals surface area (Å²) >= 11 is 0. The molecule has 3 aromatic carbocycles.